The fraction of sp³-hybridized carbons (Fsp3) is 0.500. The second-order valence-corrected chi connectivity index (χ2v) is 8.42. The maximum Gasteiger partial charge on any atom is 0.342 e. The van der Waals surface area contributed by atoms with Gasteiger partial charge in [0.2, 0.25) is 0 Å². The Morgan fingerprint density at radius 2 is 1.81 bits per heavy atom. The normalized spacial score (nSPS) is 15.2. The van der Waals surface area contributed by atoms with Crippen molar-refractivity contribution >= 4 is 11.9 Å². The molecule has 1 amide bonds. The summed E-state index contributed by atoms with van der Waals surface area (Å²) < 4.78 is 7.11. The van der Waals surface area contributed by atoms with Crippen molar-refractivity contribution in [3.8, 4) is 6.07 Å². The third kappa shape index (κ3) is 4.79. The summed E-state index contributed by atoms with van der Waals surface area (Å²) in [4.78, 5) is 26.9. The summed E-state index contributed by atoms with van der Waals surface area (Å²) in [5, 5.41) is 14.2. The third-order valence-electron chi connectivity index (χ3n) is 6.27. The number of ether oxygens (including phenoxy) is 1. The van der Waals surface area contributed by atoms with Gasteiger partial charge in [0.25, 0.3) is 5.91 Å². The second-order valence-electron chi connectivity index (χ2n) is 8.42. The van der Waals surface area contributed by atoms with E-state index in [4.69, 9.17) is 4.74 Å². The lowest BCUT2D eigenvalue weighted by Crippen LogP contribution is -2.51. The molecule has 1 saturated carbocycles. The van der Waals surface area contributed by atoms with Crippen molar-refractivity contribution in [1.82, 2.24) is 14.7 Å². The van der Waals surface area contributed by atoms with Crippen LogP contribution in [0.15, 0.2) is 24.3 Å². The van der Waals surface area contributed by atoms with Crippen molar-refractivity contribution in [3.63, 3.8) is 0 Å². The van der Waals surface area contributed by atoms with E-state index >= 15 is 0 Å². The molecule has 0 radical (unpaired) electrons. The number of benzene rings is 1. The molecule has 0 bridgehead atoms. The molecule has 0 spiro atoms. The predicted molar refractivity (Wildman–Crippen MR) is 116 cm³/mol. The van der Waals surface area contributed by atoms with Gasteiger partial charge in [-0.25, -0.2) is 4.79 Å². The van der Waals surface area contributed by atoms with Gasteiger partial charge < -0.3 is 9.64 Å². The van der Waals surface area contributed by atoms with Crippen LogP contribution in [0.5, 0.6) is 0 Å². The van der Waals surface area contributed by atoms with Gasteiger partial charge in [-0.3, -0.25) is 9.48 Å². The molecule has 2 aromatic rings. The number of hydrogen-bond acceptors (Lipinski definition) is 5. The number of hydrogen-bond donors (Lipinski definition) is 0. The van der Waals surface area contributed by atoms with E-state index in [1.54, 1.807) is 18.7 Å². The van der Waals surface area contributed by atoms with E-state index < -0.39 is 11.5 Å². The summed E-state index contributed by atoms with van der Waals surface area (Å²) in [6.45, 7) is 5.78. The Bertz CT molecular complexity index is 995. The van der Waals surface area contributed by atoms with E-state index in [2.05, 4.69) is 11.2 Å². The third-order valence-corrected chi connectivity index (χ3v) is 6.27. The summed E-state index contributed by atoms with van der Waals surface area (Å²) in [6, 6.07) is 10.5. The van der Waals surface area contributed by atoms with Gasteiger partial charge in [0, 0.05) is 7.05 Å². The van der Waals surface area contributed by atoms with E-state index in [1.165, 1.54) is 10.5 Å². The molecule has 1 aromatic carbocycles. The highest BCUT2D eigenvalue weighted by molar-refractivity contribution is 5.93. The minimum absolute atomic E-state index is 0.362. The standard InChI is InChI=1S/C24H30N4O3/c1-17-8-10-20(11-9-17)14-28-19(3)22(18(2)26-28)23(30)31-15-21(29)27(4)24(16-25)12-6-5-7-13-24/h8-11H,5-7,12-15H2,1-4H3. The summed E-state index contributed by atoms with van der Waals surface area (Å²) in [7, 11) is 1.63. The molecule has 1 aromatic heterocycles. The van der Waals surface area contributed by atoms with Gasteiger partial charge in [0.15, 0.2) is 6.61 Å². The van der Waals surface area contributed by atoms with Gasteiger partial charge in [-0.15, -0.1) is 0 Å². The first-order chi connectivity index (χ1) is 14.8. The summed E-state index contributed by atoms with van der Waals surface area (Å²) in [5.74, 6) is -0.930. The summed E-state index contributed by atoms with van der Waals surface area (Å²) >= 11 is 0. The maximum absolute atomic E-state index is 12.7. The number of rotatable bonds is 6. The molecule has 1 aliphatic rings. The fourth-order valence-corrected chi connectivity index (χ4v) is 4.21. The highest BCUT2D eigenvalue weighted by Gasteiger charge is 2.39. The molecule has 7 nitrogen and oxygen atoms in total. The van der Waals surface area contributed by atoms with Crippen LogP contribution in [-0.2, 0) is 16.1 Å². The van der Waals surface area contributed by atoms with Crippen LogP contribution < -0.4 is 0 Å². The number of aromatic nitrogens is 2. The van der Waals surface area contributed by atoms with Gasteiger partial charge in [-0.1, -0.05) is 49.1 Å². The second kappa shape index (κ2) is 9.34. The number of nitrogens with zero attached hydrogens (tertiary/aromatic N) is 4. The van der Waals surface area contributed by atoms with Gasteiger partial charge in [0.05, 0.1) is 24.0 Å². The molecule has 31 heavy (non-hydrogen) atoms. The molecular formula is C24H30N4O3. The van der Waals surface area contributed by atoms with Crippen molar-refractivity contribution in [1.29, 1.82) is 5.26 Å². The van der Waals surface area contributed by atoms with Crippen LogP contribution in [-0.4, -0.2) is 45.8 Å². The van der Waals surface area contributed by atoms with E-state index in [0.29, 0.717) is 36.3 Å². The Morgan fingerprint density at radius 3 is 2.42 bits per heavy atom. The zero-order chi connectivity index (χ0) is 22.6. The van der Waals surface area contributed by atoms with E-state index in [1.807, 2.05) is 38.1 Å². The van der Waals surface area contributed by atoms with Crippen LogP contribution >= 0.6 is 0 Å². The Balaban J connectivity index is 1.66. The Labute approximate surface area is 183 Å². The number of nitriles is 1. The van der Waals surface area contributed by atoms with E-state index in [9.17, 15) is 14.9 Å². The smallest absolute Gasteiger partial charge is 0.342 e. The first-order valence-electron chi connectivity index (χ1n) is 10.7. The lowest BCUT2D eigenvalue weighted by molar-refractivity contribution is -0.138. The van der Waals surface area contributed by atoms with Crippen LogP contribution in [0.3, 0.4) is 0 Å². The van der Waals surface area contributed by atoms with Crippen molar-refractivity contribution in [3.05, 3.63) is 52.3 Å². The van der Waals surface area contributed by atoms with Crippen molar-refractivity contribution in [2.45, 2.75) is 65.0 Å². The van der Waals surface area contributed by atoms with E-state index in [-0.39, 0.29) is 12.5 Å². The molecule has 164 valence electrons. The minimum atomic E-state index is -0.799. The van der Waals surface area contributed by atoms with Gasteiger partial charge in [0.1, 0.15) is 11.1 Å². The fourth-order valence-electron chi connectivity index (χ4n) is 4.21. The predicted octanol–water partition coefficient (Wildman–Crippen LogP) is 3.70. The highest BCUT2D eigenvalue weighted by Crippen LogP contribution is 2.32. The SMILES string of the molecule is Cc1ccc(Cn2nc(C)c(C(=O)OCC(=O)N(C)C3(C#N)CCCCC3)c2C)cc1. The number of esters is 1. The largest absolute Gasteiger partial charge is 0.452 e. The first-order valence-corrected chi connectivity index (χ1v) is 10.7. The van der Waals surface area contributed by atoms with Gasteiger partial charge in [-0.2, -0.15) is 10.4 Å². The van der Waals surface area contributed by atoms with Gasteiger partial charge >= 0.3 is 5.97 Å². The van der Waals surface area contributed by atoms with Crippen LogP contribution in [0.25, 0.3) is 0 Å². The molecule has 0 unspecified atom stereocenters. The van der Waals surface area contributed by atoms with Crippen molar-refractivity contribution < 1.29 is 14.3 Å². The molecule has 1 aliphatic carbocycles. The van der Waals surface area contributed by atoms with Crippen LogP contribution in [0, 0.1) is 32.1 Å². The number of amides is 1. The number of aryl methyl sites for hydroxylation is 2. The molecular weight excluding hydrogens is 392 g/mol. The van der Waals surface area contributed by atoms with Crippen LogP contribution in [0.1, 0.15) is 65.0 Å². The molecule has 1 heterocycles. The molecule has 0 atom stereocenters. The van der Waals surface area contributed by atoms with Gasteiger partial charge in [-0.05, 0) is 39.2 Å². The maximum atomic E-state index is 12.7. The van der Waals surface area contributed by atoms with Crippen molar-refractivity contribution in [2.24, 2.45) is 0 Å². The van der Waals surface area contributed by atoms with Crippen LogP contribution in [0.2, 0.25) is 0 Å². The number of carbonyl (C=O) groups excluding carboxylic acids is 2. The van der Waals surface area contributed by atoms with Crippen molar-refractivity contribution in [2.75, 3.05) is 13.7 Å². The lowest BCUT2D eigenvalue weighted by Gasteiger charge is -2.38. The average molecular weight is 423 g/mol. The molecule has 0 saturated heterocycles. The zero-order valence-electron chi connectivity index (χ0n) is 18.8. The lowest BCUT2D eigenvalue weighted by atomic mass is 9.81. The first kappa shape index (κ1) is 22.5. The topological polar surface area (TPSA) is 88.2 Å². The molecule has 7 heteroatoms. The number of carbonyl (C=O) groups is 2. The highest BCUT2D eigenvalue weighted by atomic mass is 16.5. The molecule has 0 aliphatic heterocycles. The molecule has 1 fully saturated rings. The molecule has 0 N–H and O–H groups in total. The monoisotopic (exact) mass is 422 g/mol. The number of likely N-dealkylation sites (N-methyl/N-ethyl adjacent to an activating group) is 1. The molecule has 3 rings (SSSR count). The minimum Gasteiger partial charge on any atom is -0.452 e. The summed E-state index contributed by atoms with van der Waals surface area (Å²) in [6.07, 6.45) is 4.23. The summed E-state index contributed by atoms with van der Waals surface area (Å²) in [5.41, 5.74) is 3.12. The van der Waals surface area contributed by atoms with E-state index in [0.717, 1.165) is 24.8 Å². The Hall–Kier alpha value is -3.14. The Kier molecular flexibility index (Phi) is 6.79. The Morgan fingerprint density at radius 1 is 1.16 bits per heavy atom. The van der Waals surface area contributed by atoms with Crippen LogP contribution in [0.4, 0.5) is 0 Å². The average Bonchev–Trinajstić information content (AvgIpc) is 3.06. The zero-order valence-corrected chi connectivity index (χ0v) is 18.8. The quantitative estimate of drug-likeness (QED) is 0.663.